The summed E-state index contributed by atoms with van der Waals surface area (Å²) < 4.78 is 9.96. The van der Waals surface area contributed by atoms with E-state index in [2.05, 4.69) is 17.6 Å². The Hall–Kier alpha value is -1.19. The number of nitrogens with one attached hydrogen (secondary N) is 2. The van der Waals surface area contributed by atoms with Crippen LogP contribution in [0, 0.1) is 0 Å². The summed E-state index contributed by atoms with van der Waals surface area (Å²) in [6, 6.07) is 0. The molecular weight excluding hydrogens is 566 g/mol. The van der Waals surface area contributed by atoms with Crippen LogP contribution in [0.2, 0.25) is 0 Å². The molecule has 0 rings (SSSR count). The molecule has 0 fully saturated rings. The van der Waals surface area contributed by atoms with Crippen molar-refractivity contribution in [2.75, 3.05) is 13.1 Å². The second-order valence-electron chi connectivity index (χ2n) is 9.87. The van der Waals surface area contributed by atoms with E-state index < -0.39 is 23.9 Å². The normalized spacial score (nSPS) is 13.1. The van der Waals surface area contributed by atoms with E-state index in [0.29, 0.717) is 19.3 Å². The number of carbonyl (C=O) groups is 4. The molecular formula is C26H51Cl2N4O6P. The molecule has 0 aromatic rings. The summed E-state index contributed by atoms with van der Waals surface area (Å²) in [5, 5.41) is 3.39. The van der Waals surface area contributed by atoms with Crippen molar-refractivity contribution in [3.05, 3.63) is 0 Å². The molecule has 39 heavy (non-hydrogen) atoms. The zero-order valence-electron chi connectivity index (χ0n) is 23.6. The molecule has 1 atom stereocenters. The van der Waals surface area contributed by atoms with Gasteiger partial charge in [0.25, 0.3) is 0 Å². The molecule has 0 heterocycles. The van der Waals surface area contributed by atoms with Crippen molar-refractivity contribution >= 4 is 53.7 Å². The number of aldehydes is 1. The topological polar surface area (TPSA) is 163 Å². The summed E-state index contributed by atoms with van der Waals surface area (Å²) in [6.45, 7) is -2.22. The third-order valence-corrected chi connectivity index (χ3v) is 10.6. The molecule has 0 radical (unpaired) electrons. The van der Waals surface area contributed by atoms with Crippen LogP contribution < -0.4 is 21.9 Å². The Labute approximate surface area is 244 Å². The minimum absolute atomic E-state index is 0.103. The third kappa shape index (κ3) is 20.4. The number of nitrogens with two attached hydrogens (primary N) is 2. The van der Waals surface area contributed by atoms with Crippen LogP contribution in [-0.4, -0.2) is 42.6 Å². The van der Waals surface area contributed by atoms with E-state index in [1.54, 1.807) is 0 Å². The van der Waals surface area contributed by atoms with Crippen LogP contribution >= 0.6 is 29.4 Å². The molecule has 0 aliphatic heterocycles. The van der Waals surface area contributed by atoms with Gasteiger partial charge in [0.05, 0.1) is 0 Å². The molecule has 13 heteroatoms. The van der Waals surface area contributed by atoms with Gasteiger partial charge in [-0.2, -0.15) is 0 Å². The summed E-state index contributed by atoms with van der Waals surface area (Å²) >= 11 is 12.0. The predicted octanol–water partition coefficient (Wildman–Crippen LogP) is 6.50. The SMILES string of the molecule is CCCCCCCCCCCCCCCCNC(=O)CCC(=O)OP(N)(Cl)(OC(=O)NCCCC=O)[C@H](N)Cl. The molecule has 0 spiro atoms. The first-order valence-electron chi connectivity index (χ1n) is 14.4. The Kier molecular flexibility index (Phi) is 21.8. The van der Waals surface area contributed by atoms with Crippen molar-refractivity contribution in [3.8, 4) is 0 Å². The van der Waals surface area contributed by atoms with Crippen molar-refractivity contribution < 1.29 is 28.2 Å². The Bertz CT molecular complexity index is 716. The van der Waals surface area contributed by atoms with Gasteiger partial charge in [0.1, 0.15) is 0 Å². The molecule has 0 saturated heterocycles. The van der Waals surface area contributed by atoms with E-state index in [1.807, 2.05) is 0 Å². The summed E-state index contributed by atoms with van der Waals surface area (Å²) in [6.07, 6.45) is 17.3. The van der Waals surface area contributed by atoms with E-state index in [0.717, 1.165) is 19.3 Å². The Morgan fingerprint density at radius 1 is 0.795 bits per heavy atom. The van der Waals surface area contributed by atoms with Crippen molar-refractivity contribution in [1.29, 1.82) is 0 Å². The van der Waals surface area contributed by atoms with Crippen LogP contribution in [-0.2, 0) is 23.4 Å². The fraction of sp³-hybridized carbons (Fsp3) is 0.846. The van der Waals surface area contributed by atoms with Crippen LogP contribution in [0.25, 0.3) is 0 Å². The van der Waals surface area contributed by atoms with Crippen molar-refractivity contribution in [1.82, 2.24) is 10.6 Å². The zero-order valence-corrected chi connectivity index (χ0v) is 26.0. The Morgan fingerprint density at radius 3 is 1.77 bits per heavy atom. The number of carbonyl (C=O) groups excluding carboxylic acids is 4. The molecule has 0 aliphatic carbocycles. The van der Waals surface area contributed by atoms with Gasteiger partial charge in [0.15, 0.2) is 0 Å². The van der Waals surface area contributed by atoms with E-state index >= 15 is 0 Å². The fourth-order valence-electron chi connectivity index (χ4n) is 3.78. The van der Waals surface area contributed by atoms with Gasteiger partial charge < -0.3 is 0 Å². The average Bonchev–Trinajstić information content (AvgIpc) is 2.87. The number of amides is 2. The molecule has 6 N–H and O–H groups in total. The van der Waals surface area contributed by atoms with Gasteiger partial charge >= 0.3 is 180 Å². The molecule has 2 amide bonds. The molecule has 0 bridgehead atoms. The summed E-state index contributed by atoms with van der Waals surface area (Å²) in [7, 11) is 0. The standard InChI is InChI=1S/C26H51Cl2N4O6P/c1-2-3-4-5-6-7-8-9-10-11-12-13-14-15-20-31-23(34)18-19-24(35)37-39(28,30,25(27)29)38-26(36)32-21-16-17-22-33/h22,25H,2-21,29-30H2,1H3,(H,31,34)(H,32,36)/t25-/m0/s1. The van der Waals surface area contributed by atoms with E-state index in [4.69, 9.17) is 43.1 Å². The molecule has 0 aliphatic rings. The summed E-state index contributed by atoms with van der Waals surface area (Å²) in [5.41, 5.74) is 11.4. The zero-order chi connectivity index (χ0) is 29.4. The number of rotatable bonds is 25. The number of halogens is 2. The minimum atomic E-state index is -5.09. The van der Waals surface area contributed by atoms with E-state index in [1.165, 1.54) is 70.6 Å². The van der Waals surface area contributed by atoms with Gasteiger partial charge in [0, 0.05) is 0 Å². The van der Waals surface area contributed by atoms with Crippen molar-refractivity contribution in [3.63, 3.8) is 0 Å². The first kappa shape index (κ1) is 37.8. The quantitative estimate of drug-likeness (QED) is 0.0296. The monoisotopic (exact) mass is 616 g/mol. The number of hydrogen-bond donors (Lipinski definition) is 4. The van der Waals surface area contributed by atoms with Gasteiger partial charge in [-0.05, 0) is 0 Å². The van der Waals surface area contributed by atoms with Crippen LogP contribution in [0.1, 0.15) is 122 Å². The van der Waals surface area contributed by atoms with Gasteiger partial charge in [-0.25, -0.2) is 0 Å². The maximum atomic E-state index is 12.3. The maximum absolute atomic E-state index is 12.3. The van der Waals surface area contributed by atoms with Crippen LogP contribution in [0.5, 0.6) is 0 Å². The third-order valence-electron chi connectivity index (χ3n) is 6.15. The van der Waals surface area contributed by atoms with E-state index in [9.17, 15) is 19.2 Å². The first-order chi connectivity index (χ1) is 18.5. The summed E-state index contributed by atoms with van der Waals surface area (Å²) in [5.74, 6) is -1.29. The molecule has 0 aromatic heterocycles. The number of alkyl halides is 1. The molecule has 0 unspecified atom stereocenters. The van der Waals surface area contributed by atoms with Gasteiger partial charge in [-0.1, -0.05) is 64.7 Å². The summed E-state index contributed by atoms with van der Waals surface area (Å²) in [4.78, 5) is 46.6. The predicted molar refractivity (Wildman–Crippen MR) is 159 cm³/mol. The van der Waals surface area contributed by atoms with Crippen molar-refractivity contribution in [2.24, 2.45) is 11.2 Å². The van der Waals surface area contributed by atoms with Crippen LogP contribution in [0.4, 0.5) is 4.79 Å². The van der Waals surface area contributed by atoms with Crippen LogP contribution in [0.15, 0.2) is 0 Å². The number of hydrogen-bond acceptors (Lipinski definition) is 8. The fourth-order valence-corrected chi connectivity index (χ4v) is 5.55. The Morgan fingerprint density at radius 2 is 1.28 bits per heavy atom. The van der Waals surface area contributed by atoms with Crippen LogP contribution in [0.3, 0.4) is 0 Å². The molecule has 230 valence electrons. The van der Waals surface area contributed by atoms with Gasteiger partial charge in [0.2, 0.25) is 0 Å². The van der Waals surface area contributed by atoms with Gasteiger partial charge in [-0.3, -0.25) is 0 Å². The second kappa shape index (κ2) is 22.5. The number of unbranched alkanes of at least 4 members (excludes halogenated alkanes) is 14. The van der Waals surface area contributed by atoms with E-state index in [-0.39, 0.29) is 31.7 Å². The first-order valence-corrected chi connectivity index (χ1v) is 17.9. The molecule has 0 saturated carbocycles. The Balaban J connectivity index is 3.98. The average molecular weight is 618 g/mol. The molecule has 0 aromatic carbocycles. The second-order valence-corrected chi connectivity index (χ2v) is 15.5. The van der Waals surface area contributed by atoms with Crippen molar-refractivity contribution in [2.45, 2.75) is 128 Å². The van der Waals surface area contributed by atoms with Gasteiger partial charge in [-0.15, -0.1) is 0 Å². The molecule has 10 nitrogen and oxygen atoms in total.